The molecule has 2 aromatic heterocycles. The lowest BCUT2D eigenvalue weighted by atomic mass is 9.79. The van der Waals surface area contributed by atoms with Crippen molar-refractivity contribution in [1.82, 2.24) is 14.3 Å². The maximum Gasteiger partial charge on any atom is 0.270 e. The van der Waals surface area contributed by atoms with Crippen LogP contribution in [0.25, 0.3) is 6.08 Å². The van der Waals surface area contributed by atoms with Crippen LogP contribution in [0.15, 0.2) is 46.4 Å². The second-order valence-corrected chi connectivity index (χ2v) is 8.36. The molecule has 4 heterocycles. The fraction of sp³-hybridized carbons (Fsp3) is 0.300. The minimum Gasteiger partial charge on any atom is -0.465 e. The molecule has 3 atom stereocenters. The predicted octanol–water partition coefficient (Wildman–Crippen LogP) is 1.01. The van der Waals surface area contributed by atoms with Gasteiger partial charge in [-0.1, -0.05) is 29.5 Å². The van der Waals surface area contributed by atoms with Crippen molar-refractivity contribution >= 4 is 23.2 Å². The summed E-state index contributed by atoms with van der Waals surface area (Å²) in [6.45, 7) is 3.36. The lowest BCUT2D eigenvalue weighted by Crippen LogP contribution is -2.58. The number of para-hydroxylation sites is 1. The number of aromatic nitrogens is 3. The van der Waals surface area contributed by atoms with E-state index in [2.05, 4.69) is 5.10 Å². The van der Waals surface area contributed by atoms with Crippen LogP contribution in [0, 0.1) is 5.92 Å². The van der Waals surface area contributed by atoms with E-state index in [0.29, 0.717) is 15.1 Å². The van der Waals surface area contributed by atoms with Gasteiger partial charge in [-0.3, -0.25) is 18.8 Å². The Morgan fingerprint density at radius 3 is 2.86 bits per heavy atom. The van der Waals surface area contributed by atoms with Gasteiger partial charge in [0, 0.05) is 24.4 Å². The van der Waals surface area contributed by atoms with Crippen LogP contribution in [0.4, 0.5) is 0 Å². The van der Waals surface area contributed by atoms with Crippen LogP contribution < -0.4 is 19.6 Å². The number of ether oxygens (including phenoxy) is 1. The van der Waals surface area contributed by atoms with Crippen LogP contribution in [0.5, 0.6) is 5.75 Å². The highest BCUT2D eigenvalue weighted by molar-refractivity contribution is 7.07. The molecule has 0 aliphatic carbocycles. The van der Waals surface area contributed by atoms with Gasteiger partial charge in [-0.05, 0) is 26.0 Å². The van der Waals surface area contributed by atoms with Gasteiger partial charge in [0.1, 0.15) is 17.5 Å². The number of fused-ring (bicyclic) bond motifs is 6. The number of rotatable bonds is 2. The molecule has 142 valence electrons. The van der Waals surface area contributed by atoms with Crippen molar-refractivity contribution in [3.8, 4) is 5.75 Å². The highest BCUT2D eigenvalue weighted by atomic mass is 32.1. The molecule has 2 aliphatic heterocycles. The molecule has 0 saturated heterocycles. The maximum absolute atomic E-state index is 13.3. The van der Waals surface area contributed by atoms with Crippen molar-refractivity contribution < 1.29 is 9.53 Å². The van der Waals surface area contributed by atoms with Gasteiger partial charge < -0.3 is 4.74 Å². The molecule has 2 aliphatic rings. The molecule has 0 fully saturated rings. The number of benzene rings is 1. The van der Waals surface area contributed by atoms with Crippen molar-refractivity contribution in [2.24, 2.45) is 18.0 Å². The molecular weight excluding hydrogens is 376 g/mol. The van der Waals surface area contributed by atoms with Crippen LogP contribution in [-0.2, 0) is 11.8 Å². The number of thiazole rings is 1. The SMILES string of the molecule is CC(=O)[C@@H]1[C@H]2c3ccccc3O[C@@]1(C)N=c1s/c(=C/c3cnn(C)c3)c(=O)n12. The van der Waals surface area contributed by atoms with E-state index in [-0.39, 0.29) is 11.3 Å². The average Bonchev–Trinajstić information content (AvgIpc) is 3.16. The summed E-state index contributed by atoms with van der Waals surface area (Å²) in [5.41, 5.74) is 0.493. The number of Topliss-reactive ketones (excluding diaryl/α,β-unsaturated/α-hetero) is 1. The lowest BCUT2D eigenvalue weighted by Gasteiger charge is -2.45. The van der Waals surface area contributed by atoms with Crippen molar-refractivity contribution in [3.05, 3.63) is 67.5 Å². The summed E-state index contributed by atoms with van der Waals surface area (Å²) >= 11 is 1.31. The summed E-state index contributed by atoms with van der Waals surface area (Å²) in [6, 6.07) is 7.12. The first kappa shape index (κ1) is 17.1. The highest BCUT2D eigenvalue weighted by Crippen LogP contribution is 2.47. The summed E-state index contributed by atoms with van der Waals surface area (Å²) in [5, 5.41) is 4.15. The Morgan fingerprint density at radius 2 is 2.14 bits per heavy atom. The zero-order valence-electron chi connectivity index (χ0n) is 15.6. The van der Waals surface area contributed by atoms with Crippen LogP contribution >= 0.6 is 11.3 Å². The summed E-state index contributed by atoms with van der Waals surface area (Å²) in [5.74, 6) is 0.0542. The molecule has 0 N–H and O–H groups in total. The molecule has 28 heavy (non-hydrogen) atoms. The Balaban J connectivity index is 1.82. The Kier molecular flexibility index (Phi) is 3.51. The smallest absolute Gasteiger partial charge is 0.270 e. The molecule has 2 bridgehead atoms. The third kappa shape index (κ3) is 2.34. The molecule has 0 radical (unpaired) electrons. The van der Waals surface area contributed by atoms with Crippen molar-refractivity contribution in [2.45, 2.75) is 25.6 Å². The molecule has 7 nitrogen and oxygen atoms in total. The quantitative estimate of drug-likeness (QED) is 0.650. The van der Waals surface area contributed by atoms with E-state index in [9.17, 15) is 9.59 Å². The first-order valence-electron chi connectivity index (χ1n) is 8.97. The van der Waals surface area contributed by atoms with E-state index < -0.39 is 17.7 Å². The third-order valence-corrected chi connectivity index (χ3v) is 6.32. The van der Waals surface area contributed by atoms with Crippen LogP contribution in [-0.4, -0.2) is 25.9 Å². The second kappa shape index (κ2) is 5.75. The number of carbonyl (C=O) groups is 1. The largest absolute Gasteiger partial charge is 0.465 e. The van der Waals surface area contributed by atoms with Crippen LogP contribution in [0.1, 0.15) is 31.0 Å². The van der Waals surface area contributed by atoms with E-state index >= 15 is 0 Å². The minimum absolute atomic E-state index is 0.0488. The van der Waals surface area contributed by atoms with Crippen LogP contribution in [0.3, 0.4) is 0 Å². The van der Waals surface area contributed by atoms with E-state index in [1.54, 1.807) is 15.4 Å². The average molecular weight is 394 g/mol. The fourth-order valence-electron chi connectivity index (χ4n) is 4.22. The van der Waals surface area contributed by atoms with Gasteiger partial charge in [0.05, 0.1) is 16.8 Å². The third-order valence-electron chi connectivity index (χ3n) is 5.34. The number of ketones is 1. The van der Waals surface area contributed by atoms with Gasteiger partial charge in [-0.2, -0.15) is 5.10 Å². The predicted molar refractivity (Wildman–Crippen MR) is 104 cm³/mol. The van der Waals surface area contributed by atoms with E-state index in [0.717, 1.165) is 11.1 Å². The van der Waals surface area contributed by atoms with Gasteiger partial charge in [-0.15, -0.1) is 0 Å². The first-order chi connectivity index (χ1) is 13.4. The second-order valence-electron chi connectivity index (χ2n) is 7.36. The Morgan fingerprint density at radius 1 is 1.36 bits per heavy atom. The Bertz CT molecular complexity index is 1300. The zero-order valence-corrected chi connectivity index (χ0v) is 16.4. The number of aryl methyl sites for hydroxylation is 1. The highest BCUT2D eigenvalue weighted by Gasteiger charge is 2.53. The van der Waals surface area contributed by atoms with E-state index in [1.807, 2.05) is 50.5 Å². The molecule has 0 spiro atoms. The molecule has 3 aromatic rings. The Labute approximate surface area is 164 Å². The summed E-state index contributed by atoms with van der Waals surface area (Å²) in [4.78, 5) is 31.2. The monoisotopic (exact) mass is 394 g/mol. The van der Waals surface area contributed by atoms with E-state index in [4.69, 9.17) is 9.73 Å². The minimum atomic E-state index is -1.03. The van der Waals surface area contributed by atoms with Gasteiger partial charge in [0.15, 0.2) is 4.80 Å². The summed E-state index contributed by atoms with van der Waals surface area (Å²) < 4.78 is 10.1. The number of carbonyl (C=O) groups excluding carboxylic acids is 1. The van der Waals surface area contributed by atoms with Crippen molar-refractivity contribution in [2.75, 3.05) is 0 Å². The number of nitrogens with zero attached hydrogens (tertiary/aromatic N) is 4. The normalized spacial score (nSPS) is 25.5. The maximum atomic E-state index is 13.3. The van der Waals surface area contributed by atoms with E-state index in [1.165, 1.54) is 18.3 Å². The fourth-order valence-corrected chi connectivity index (χ4v) is 5.32. The molecule has 0 unspecified atom stereocenters. The van der Waals surface area contributed by atoms with Gasteiger partial charge >= 0.3 is 0 Å². The zero-order chi connectivity index (χ0) is 19.6. The topological polar surface area (TPSA) is 78.5 Å². The Hall–Kier alpha value is -3.00. The molecule has 5 rings (SSSR count). The number of hydrogen-bond donors (Lipinski definition) is 0. The number of hydrogen-bond acceptors (Lipinski definition) is 6. The molecular formula is C20H18N4O3S. The summed E-state index contributed by atoms with van der Waals surface area (Å²) in [7, 11) is 1.83. The van der Waals surface area contributed by atoms with Crippen molar-refractivity contribution in [3.63, 3.8) is 0 Å². The summed E-state index contributed by atoms with van der Waals surface area (Å²) in [6.07, 6.45) is 5.36. The molecule has 1 aromatic carbocycles. The lowest BCUT2D eigenvalue weighted by molar-refractivity contribution is -0.132. The van der Waals surface area contributed by atoms with Crippen LogP contribution in [0.2, 0.25) is 0 Å². The molecule has 0 saturated carbocycles. The first-order valence-corrected chi connectivity index (χ1v) is 9.79. The van der Waals surface area contributed by atoms with Gasteiger partial charge in [0.25, 0.3) is 5.56 Å². The van der Waals surface area contributed by atoms with Crippen molar-refractivity contribution in [1.29, 1.82) is 0 Å². The molecule has 8 heteroatoms. The van der Waals surface area contributed by atoms with Gasteiger partial charge in [0.2, 0.25) is 5.72 Å². The van der Waals surface area contributed by atoms with Gasteiger partial charge in [-0.25, -0.2) is 4.99 Å². The molecule has 0 amide bonds. The standard InChI is InChI=1S/C20H18N4O3S/c1-11(25)16-17-13-6-4-5-7-14(13)27-20(16,2)22-19-24(17)18(26)15(28-19)8-12-9-21-23(3)10-12/h4-10,16-17H,1-3H3/b15-8+/t16-,17-,20-/m1/s1.